The SMILES string of the molecule is CC(C)(CBr)COc1cc([N+](=O)[O-])ccc1Br. The van der Waals surface area contributed by atoms with Crippen LogP contribution in [0.25, 0.3) is 0 Å². The first-order valence-electron chi connectivity index (χ1n) is 4.98. The summed E-state index contributed by atoms with van der Waals surface area (Å²) >= 11 is 6.71. The molecule has 0 aliphatic rings. The minimum Gasteiger partial charge on any atom is -0.492 e. The van der Waals surface area contributed by atoms with Crippen LogP contribution in [-0.4, -0.2) is 16.9 Å². The summed E-state index contributed by atoms with van der Waals surface area (Å²) in [6, 6.07) is 4.48. The van der Waals surface area contributed by atoms with Crippen LogP contribution in [0.3, 0.4) is 0 Å². The Morgan fingerprint density at radius 1 is 1.47 bits per heavy atom. The third-order valence-corrected chi connectivity index (χ3v) is 4.28. The second-order valence-corrected chi connectivity index (χ2v) is 5.87. The van der Waals surface area contributed by atoms with Gasteiger partial charge < -0.3 is 4.74 Å². The summed E-state index contributed by atoms with van der Waals surface area (Å²) in [6.07, 6.45) is 0. The first-order valence-corrected chi connectivity index (χ1v) is 6.90. The van der Waals surface area contributed by atoms with E-state index in [-0.39, 0.29) is 11.1 Å². The fourth-order valence-electron chi connectivity index (χ4n) is 1.03. The molecule has 0 aliphatic heterocycles. The summed E-state index contributed by atoms with van der Waals surface area (Å²) in [6.45, 7) is 4.58. The van der Waals surface area contributed by atoms with Crippen LogP contribution in [0.15, 0.2) is 22.7 Å². The molecule has 94 valence electrons. The molecule has 0 saturated heterocycles. The number of rotatable bonds is 5. The molecule has 0 unspecified atom stereocenters. The minimum atomic E-state index is -0.436. The molecule has 0 heterocycles. The number of benzene rings is 1. The van der Waals surface area contributed by atoms with Gasteiger partial charge in [0.1, 0.15) is 5.75 Å². The molecular weight excluding hydrogens is 354 g/mol. The Kier molecular flexibility index (Phi) is 4.94. The highest BCUT2D eigenvalue weighted by atomic mass is 79.9. The number of ether oxygens (including phenoxy) is 1. The summed E-state index contributed by atoms with van der Waals surface area (Å²) in [4.78, 5) is 10.2. The van der Waals surface area contributed by atoms with E-state index in [1.54, 1.807) is 6.07 Å². The van der Waals surface area contributed by atoms with Crippen molar-refractivity contribution in [3.8, 4) is 5.75 Å². The van der Waals surface area contributed by atoms with Gasteiger partial charge >= 0.3 is 0 Å². The molecule has 0 fully saturated rings. The molecule has 4 nitrogen and oxygen atoms in total. The van der Waals surface area contributed by atoms with E-state index in [4.69, 9.17) is 4.74 Å². The monoisotopic (exact) mass is 365 g/mol. The Balaban J connectivity index is 2.83. The average molecular weight is 367 g/mol. The maximum absolute atomic E-state index is 10.6. The first-order chi connectivity index (χ1) is 7.85. The normalized spacial score (nSPS) is 11.3. The van der Waals surface area contributed by atoms with Crippen LogP contribution < -0.4 is 4.74 Å². The lowest BCUT2D eigenvalue weighted by atomic mass is 9.98. The predicted molar refractivity (Wildman–Crippen MR) is 73.9 cm³/mol. The lowest BCUT2D eigenvalue weighted by molar-refractivity contribution is -0.385. The Bertz CT molecular complexity index is 421. The van der Waals surface area contributed by atoms with Gasteiger partial charge in [0, 0.05) is 16.8 Å². The predicted octanol–water partition coefficient (Wildman–Crippen LogP) is 4.16. The highest BCUT2D eigenvalue weighted by molar-refractivity contribution is 9.10. The third-order valence-electron chi connectivity index (χ3n) is 2.11. The number of hydrogen-bond acceptors (Lipinski definition) is 3. The average Bonchev–Trinajstić information content (AvgIpc) is 2.27. The summed E-state index contributed by atoms with van der Waals surface area (Å²) in [7, 11) is 0. The quantitative estimate of drug-likeness (QED) is 0.446. The number of non-ortho nitro benzene ring substituents is 1. The van der Waals surface area contributed by atoms with Crippen LogP contribution in [-0.2, 0) is 0 Å². The minimum absolute atomic E-state index is 0.0237. The van der Waals surface area contributed by atoms with E-state index in [2.05, 4.69) is 31.9 Å². The Labute approximate surface area is 117 Å². The molecule has 0 amide bonds. The number of hydrogen-bond donors (Lipinski definition) is 0. The molecule has 0 aromatic heterocycles. The molecular formula is C11H13Br2NO3. The Morgan fingerprint density at radius 3 is 2.65 bits per heavy atom. The fraction of sp³-hybridized carbons (Fsp3) is 0.455. The molecule has 1 rings (SSSR count). The molecule has 0 spiro atoms. The van der Waals surface area contributed by atoms with E-state index in [9.17, 15) is 10.1 Å². The van der Waals surface area contributed by atoms with Gasteiger partial charge in [-0.25, -0.2) is 0 Å². The summed E-state index contributed by atoms with van der Waals surface area (Å²) in [5.41, 5.74) is 0.00389. The summed E-state index contributed by atoms with van der Waals surface area (Å²) < 4.78 is 6.32. The van der Waals surface area contributed by atoms with Crippen LogP contribution in [0.1, 0.15) is 13.8 Å². The lowest BCUT2D eigenvalue weighted by Gasteiger charge is -2.22. The molecule has 6 heteroatoms. The number of nitrogens with zero attached hydrogens (tertiary/aromatic N) is 1. The zero-order valence-electron chi connectivity index (χ0n) is 9.57. The zero-order chi connectivity index (χ0) is 13.1. The van der Waals surface area contributed by atoms with E-state index in [1.807, 2.05) is 13.8 Å². The Morgan fingerprint density at radius 2 is 2.12 bits per heavy atom. The number of halogens is 2. The molecule has 0 bridgehead atoms. The van der Waals surface area contributed by atoms with Gasteiger partial charge in [0.15, 0.2) is 0 Å². The molecule has 1 aromatic carbocycles. The second-order valence-electron chi connectivity index (χ2n) is 4.46. The standard InChI is InChI=1S/C11H13Br2NO3/c1-11(2,6-12)7-17-10-5-8(14(15)16)3-4-9(10)13/h3-5H,6-7H2,1-2H3. The van der Waals surface area contributed by atoms with Gasteiger partial charge in [0.05, 0.1) is 22.1 Å². The van der Waals surface area contributed by atoms with Crippen molar-refractivity contribution >= 4 is 37.5 Å². The van der Waals surface area contributed by atoms with Gasteiger partial charge in [-0.05, 0) is 22.0 Å². The van der Waals surface area contributed by atoms with E-state index < -0.39 is 4.92 Å². The largest absolute Gasteiger partial charge is 0.492 e. The van der Waals surface area contributed by atoms with Gasteiger partial charge in [0.2, 0.25) is 0 Å². The molecule has 0 saturated carbocycles. The third kappa shape index (κ3) is 4.27. The van der Waals surface area contributed by atoms with Crippen molar-refractivity contribution in [2.45, 2.75) is 13.8 Å². The topological polar surface area (TPSA) is 52.4 Å². The molecule has 0 atom stereocenters. The molecule has 0 radical (unpaired) electrons. The van der Waals surface area contributed by atoms with Crippen LogP contribution in [0, 0.1) is 15.5 Å². The van der Waals surface area contributed by atoms with Crippen molar-refractivity contribution < 1.29 is 9.66 Å². The highest BCUT2D eigenvalue weighted by Gasteiger charge is 2.18. The van der Waals surface area contributed by atoms with Gasteiger partial charge in [-0.15, -0.1) is 0 Å². The van der Waals surface area contributed by atoms with Crippen molar-refractivity contribution in [3.05, 3.63) is 32.8 Å². The van der Waals surface area contributed by atoms with Crippen molar-refractivity contribution in [2.24, 2.45) is 5.41 Å². The maximum atomic E-state index is 10.6. The number of nitro benzene ring substituents is 1. The maximum Gasteiger partial charge on any atom is 0.273 e. The first kappa shape index (κ1) is 14.4. The molecule has 1 aromatic rings. The smallest absolute Gasteiger partial charge is 0.273 e. The van der Waals surface area contributed by atoms with Crippen molar-refractivity contribution in [3.63, 3.8) is 0 Å². The van der Waals surface area contributed by atoms with Crippen molar-refractivity contribution in [1.29, 1.82) is 0 Å². The zero-order valence-corrected chi connectivity index (χ0v) is 12.7. The van der Waals surface area contributed by atoms with Gasteiger partial charge in [-0.3, -0.25) is 10.1 Å². The van der Waals surface area contributed by atoms with Crippen LogP contribution in [0.4, 0.5) is 5.69 Å². The number of alkyl halides is 1. The van der Waals surface area contributed by atoms with Gasteiger partial charge in [-0.1, -0.05) is 29.8 Å². The van der Waals surface area contributed by atoms with E-state index in [0.717, 1.165) is 5.33 Å². The van der Waals surface area contributed by atoms with E-state index in [0.29, 0.717) is 16.8 Å². The van der Waals surface area contributed by atoms with Gasteiger partial charge in [0.25, 0.3) is 5.69 Å². The van der Waals surface area contributed by atoms with Crippen molar-refractivity contribution in [1.82, 2.24) is 0 Å². The van der Waals surface area contributed by atoms with Gasteiger partial charge in [-0.2, -0.15) is 0 Å². The lowest BCUT2D eigenvalue weighted by Crippen LogP contribution is -2.22. The van der Waals surface area contributed by atoms with Crippen LogP contribution >= 0.6 is 31.9 Å². The van der Waals surface area contributed by atoms with Crippen LogP contribution in [0.2, 0.25) is 0 Å². The second kappa shape index (κ2) is 5.82. The van der Waals surface area contributed by atoms with E-state index in [1.165, 1.54) is 12.1 Å². The fourth-order valence-corrected chi connectivity index (χ4v) is 1.55. The Hall–Kier alpha value is -0.620. The number of nitro groups is 1. The summed E-state index contributed by atoms with van der Waals surface area (Å²) in [5, 5.41) is 11.4. The highest BCUT2D eigenvalue weighted by Crippen LogP contribution is 2.31. The van der Waals surface area contributed by atoms with Crippen LogP contribution in [0.5, 0.6) is 5.75 Å². The molecule has 0 aliphatic carbocycles. The molecule has 17 heavy (non-hydrogen) atoms. The summed E-state index contributed by atoms with van der Waals surface area (Å²) in [5.74, 6) is 0.494. The van der Waals surface area contributed by atoms with E-state index >= 15 is 0 Å². The van der Waals surface area contributed by atoms with Crippen molar-refractivity contribution in [2.75, 3.05) is 11.9 Å². The molecule has 0 N–H and O–H groups in total.